The van der Waals surface area contributed by atoms with Crippen molar-refractivity contribution >= 4 is 0 Å². The highest BCUT2D eigenvalue weighted by molar-refractivity contribution is 4.62. The maximum atomic E-state index is 5.81. The summed E-state index contributed by atoms with van der Waals surface area (Å²) in [5.74, 6) is 0.826. The topological polar surface area (TPSA) is 27.7 Å². The molecule has 0 unspecified atom stereocenters. The van der Waals surface area contributed by atoms with Crippen molar-refractivity contribution in [2.24, 2.45) is 5.92 Å². The molecular weight excluding hydrogens is 230 g/mol. The Hall–Kier alpha value is -0.160. The Bertz CT molecular complexity index is 223. The van der Waals surface area contributed by atoms with Crippen LogP contribution >= 0.6 is 0 Å². The molecule has 106 valence electrons. The van der Waals surface area contributed by atoms with Crippen LogP contribution in [-0.2, 0) is 14.2 Å². The average molecular weight is 258 g/mol. The van der Waals surface area contributed by atoms with E-state index in [0.717, 1.165) is 69.7 Å². The number of hydrogen-bond donors (Lipinski definition) is 0. The SMILES string of the molecule is C[N+]1(CCOCCC2CCOCC2)CCOCC1. The molecule has 2 rings (SSSR count). The Morgan fingerprint density at radius 3 is 2.39 bits per heavy atom. The number of hydrogen-bond acceptors (Lipinski definition) is 3. The van der Waals surface area contributed by atoms with E-state index in [1.165, 1.54) is 19.3 Å². The second-order valence-corrected chi connectivity index (χ2v) is 5.86. The van der Waals surface area contributed by atoms with Gasteiger partial charge in [0.25, 0.3) is 0 Å². The number of ether oxygens (including phenoxy) is 3. The summed E-state index contributed by atoms with van der Waals surface area (Å²) in [6.07, 6.45) is 3.64. The molecule has 2 saturated heterocycles. The van der Waals surface area contributed by atoms with E-state index in [-0.39, 0.29) is 0 Å². The molecule has 0 saturated carbocycles. The highest BCUT2D eigenvalue weighted by Crippen LogP contribution is 2.18. The molecule has 2 aliphatic heterocycles. The summed E-state index contributed by atoms with van der Waals surface area (Å²) in [5, 5.41) is 0. The quantitative estimate of drug-likeness (QED) is 0.531. The molecule has 0 bridgehead atoms. The predicted octanol–water partition coefficient (Wildman–Crippen LogP) is 1.30. The lowest BCUT2D eigenvalue weighted by Crippen LogP contribution is -2.53. The Kier molecular flexibility index (Phi) is 5.89. The minimum atomic E-state index is 0.826. The van der Waals surface area contributed by atoms with Gasteiger partial charge in [-0.2, -0.15) is 0 Å². The van der Waals surface area contributed by atoms with Crippen molar-refractivity contribution in [3.05, 3.63) is 0 Å². The maximum Gasteiger partial charge on any atom is 0.102 e. The highest BCUT2D eigenvalue weighted by Gasteiger charge is 2.24. The van der Waals surface area contributed by atoms with Gasteiger partial charge in [0.05, 0.1) is 26.9 Å². The zero-order valence-electron chi connectivity index (χ0n) is 11.7. The van der Waals surface area contributed by atoms with E-state index in [0.29, 0.717) is 0 Å². The van der Waals surface area contributed by atoms with Crippen molar-refractivity contribution in [1.29, 1.82) is 0 Å². The smallest absolute Gasteiger partial charge is 0.102 e. The summed E-state index contributed by atoms with van der Waals surface area (Å²) in [4.78, 5) is 0. The van der Waals surface area contributed by atoms with Crippen LogP contribution in [0.1, 0.15) is 19.3 Å². The molecule has 2 fully saturated rings. The van der Waals surface area contributed by atoms with E-state index in [1.54, 1.807) is 0 Å². The zero-order chi connectivity index (χ0) is 12.7. The number of nitrogens with zero attached hydrogens (tertiary/aromatic N) is 1. The minimum Gasteiger partial charge on any atom is -0.381 e. The molecule has 0 radical (unpaired) electrons. The van der Waals surface area contributed by atoms with E-state index in [9.17, 15) is 0 Å². The van der Waals surface area contributed by atoms with Crippen LogP contribution in [0.3, 0.4) is 0 Å². The van der Waals surface area contributed by atoms with Gasteiger partial charge in [-0.15, -0.1) is 0 Å². The Labute approximate surface area is 111 Å². The van der Waals surface area contributed by atoms with Crippen molar-refractivity contribution in [3.8, 4) is 0 Å². The minimum absolute atomic E-state index is 0.826. The van der Waals surface area contributed by atoms with Crippen LogP contribution in [0.15, 0.2) is 0 Å². The number of morpholine rings is 1. The fourth-order valence-electron chi connectivity index (χ4n) is 2.68. The van der Waals surface area contributed by atoms with E-state index in [4.69, 9.17) is 14.2 Å². The Morgan fingerprint density at radius 2 is 1.67 bits per heavy atom. The second-order valence-electron chi connectivity index (χ2n) is 5.86. The molecule has 4 heteroatoms. The number of rotatable bonds is 6. The van der Waals surface area contributed by atoms with Gasteiger partial charge in [0.1, 0.15) is 19.6 Å². The molecule has 18 heavy (non-hydrogen) atoms. The van der Waals surface area contributed by atoms with Crippen LogP contribution in [0.2, 0.25) is 0 Å². The summed E-state index contributed by atoms with van der Waals surface area (Å²) in [6.45, 7) is 8.88. The third-order valence-electron chi connectivity index (χ3n) is 4.34. The second kappa shape index (κ2) is 7.43. The lowest BCUT2D eigenvalue weighted by molar-refractivity contribution is -0.917. The summed E-state index contributed by atoms with van der Waals surface area (Å²) in [5.41, 5.74) is 0. The van der Waals surface area contributed by atoms with E-state index >= 15 is 0 Å². The molecule has 0 aliphatic carbocycles. The Morgan fingerprint density at radius 1 is 1.00 bits per heavy atom. The van der Waals surface area contributed by atoms with Gasteiger partial charge in [-0.25, -0.2) is 0 Å². The third kappa shape index (κ3) is 4.84. The third-order valence-corrected chi connectivity index (χ3v) is 4.34. The fourth-order valence-corrected chi connectivity index (χ4v) is 2.68. The van der Waals surface area contributed by atoms with Crippen LogP contribution in [0.4, 0.5) is 0 Å². The van der Waals surface area contributed by atoms with E-state index in [2.05, 4.69) is 7.05 Å². The standard InChI is InChI=1S/C14H28NO3/c1-15(6-12-18-13-7-15)5-11-17-10-4-14-2-8-16-9-3-14/h14H,2-13H2,1H3/q+1. The first-order valence-electron chi connectivity index (χ1n) is 7.35. The van der Waals surface area contributed by atoms with E-state index < -0.39 is 0 Å². The molecule has 0 aromatic heterocycles. The molecule has 4 nitrogen and oxygen atoms in total. The lowest BCUT2D eigenvalue weighted by atomic mass is 9.97. The molecule has 2 heterocycles. The molecule has 2 aliphatic rings. The molecule has 0 atom stereocenters. The fraction of sp³-hybridized carbons (Fsp3) is 1.00. The van der Waals surface area contributed by atoms with Crippen molar-refractivity contribution in [2.45, 2.75) is 19.3 Å². The predicted molar refractivity (Wildman–Crippen MR) is 70.6 cm³/mol. The molecule has 0 amide bonds. The van der Waals surface area contributed by atoms with Gasteiger partial charge in [-0.3, -0.25) is 0 Å². The lowest BCUT2D eigenvalue weighted by Gasteiger charge is -2.37. The normalized spacial score (nSPS) is 25.2. The Balaban J connectivity index is 1.50. The van der Waals surface area contributed by atoms with Crippen molar-refractivity contribution in [1.82, 2.24) is 0 Å². The average Bonchev–Trinajstić information content (AvgIpc) is 2.40. The van der Waals surface area contributed by atoms with Gasteiger partial charge in [0, 0.05) is 19.8 Å². The number of quaternary nitrogens is 1. The first-order chi connectivity index (χ1) is 8.79. The summed E-state index contributed by atoms with van der Waals surface area (Å²) in [6, 6.07) is 0. The van der Waals surface area contributed by atoms with Crippen LogP contribution in [0.25, 0.3) is 0 Å². The van der Waals surface area contributed by atoms with Gasteiger partial charge in [-0.05, 0) is 25.2 Å². The summed E-state index contributed by atoms with van der Waals surface area (Å²) in [7, 11) is 2.31. The molecule has 0 N–H and O–H groups in total. The zero-order valence-corrected chi connectivity index (χ0v) is 11.7. The van der Waals surface area contributed by atoms with Gasteiger partial charge in [0.15, 0.2) is 0 Å². The van der Waals surface area contributed by atoms with Crippen molar-refractivity contribution in [3.63, 3.8) is 0 Å². The molecule has 0 aromatic rings. The van der Waals surface area contributed by atoms with E-state index in [1.807, 2.05) is 0 Å². The van der Waals surface area contributed by atoms with Crippen LogP contribution in [0.5, 0.6) is 0 Å². The largest absolute Gasteiger partial charge is 0.381 e. The van der Waals surface area contributed by atoms with Gasteiger partial charge >= 0.3 is 0 Å². The van der Waals surface area contributed by atoms with Crippen molar-refractivity contribution in [2.75, 3.05) is 66.3 Å². The first-order valence-corrected chi connectivity index (χ1v) is 7.35. The molecule has 0 aromatic carbocycles. The monoisotopic (exact) mass is 258 g/mol. The maximum absolute atomic E-state index is 5.81. The highest BCUT2D eigenvalue weighted by atomic mass is 16.5. The van der Waals surface area contributed by atoms with Gasteiger partial charge in [-0.1, -0.05) is 0 Å². The van der Waals surface area contributed by atoms with Gasteiger partial charge < -0.3 is 18.7 Å². The van der Waals surface area contributed by atoms with Crippen LogP contribution in [0, 0.1) is 5.92 Å². The van der Waals surface area contributed by atoms with Crippen LogP contribution in [-0.4, -0.2) is 70.8 Å². The first kappa shape index (κ1) is 14.3. The number of likely N-dealkylation sites (N-methyl/N-ethyl adjacent to an activating group) is 1. The molecule has 0 spiro atoms. The summed E-state index contributed by atoms with van der Waals surface area (Å²) < 4.78 is 17.7. The van der Waals surface area contributed by atoms with Gasteiger partial charge in [0.2, 0.25) is 0 Å². The summed E-state index contributed by atoms with van der Waals surface area (Å²) >= 11 is 0. The van der Waals surface area contributed by atoms with Crippen LogP contribution < -0.4 is 0 Å². The van der Waals surface area contributed by atoms with Crippen molar-refractivity contribution < 1.29 is 18.7 Å². The molecular formula is C14H28NO3+.